The van der Waals surface area contributed by atoms with Gasteiger partial charge in [-0.1, -0.05) is 54.1 Å². The van der Waals surface area contributed by atoms with Crippen LogP contribution in [0.1, 0.15) is 22.3 Å². The van der Waals surface area contributed by atoms with Gasteiger partial charge in [0.05, 0.1) is 4.90 Å². The molecule has 0 aliphatic heterocycles. The van der Waals surface area contributed by atoms with E-state index in [4.69, 9.17) is 0 Å². The molecule has 0 N–H and O–H groups in total. The van der Waals surface area contributed by atoms with Crippen LogP contribution in [0.2, 0.25) is 0 Å². The van der Waals surface area contributed by atoms with Crippen molar-refractivity contribution >= 4 is 21.5 Å². The van der Waals surface area contributed by atoms with Gasteiger partial charge in [0.15, 0.2) is 5.78 Å². The number of carbonyl (C=O) groups is 1. The van der Waals surface area contributed by atoms with Crippen LogP contribution in [0.25, 0.3) is 5.57 Å². The van der Waals surface area contributed by atoms with Gasteiger partial charge >= 0.3 is 29.6 Å². The average Bonchev–Trinajstić information content (AvgIpc) is 2.58. The molecule has 0 fully saturated rings. The van der Waals surface area contributed by atoms with Crippen LogP contribution in [-0.2, 0) is 14.9 Å². The van der Waals surface area contributed by atoms with E-state index in [2.05, 4.69) is 0 Å². The summed E-state index contributed by atoms with van der Waals surface area (Å²) in [4.78, 5) is 11.2. The third-order valence-electron chi connectivity index (χ3n) is 4.22. The smallest absolute Gasteiger partial charge is 0.744 e. The molecule has 0 spiro atoms. The molecule has 0 aromatic heterocycles. The van der Waals surface area contributed by atoms with Crippen molar-refractivity contribution in [2.75, 3.05) is 0 Å². The number of carbonyl (C=O) groups excluding carboxylic acids is 1. The Labute approximate surface area is 181 Å². The summed E-state index contributed by atoms with van der Waals surface area (Å²) >= 11 is 0. The predicted molar refractivity (Wildman–Crippen MR) is 99.6 cm³/mol. The molecular weight excluding hydrogens is 371 g/mol. The molecule has 2 aromatic carbocycles. The summed E-state index contributed by atoms with van der Waals surface area (Å²) in [6.07, 6.45) is 6.14. The van der Waals surface area contributed by atoms with Crippen molar-refractivity contribution in [1.82, 2.24) is 0 Å². The van der Waals surface area contributed by atoms with E-state index < -0.39 is 10.1 Å². The van der Waals surface area contributed by atoms with Crippen molar-refractivity contribution in [3.63, 3.8) is 0 Å². The molecular formula is C21H17NaO4S. The molecule has 0 radical (unpaired) electrons. The van der Waals surface area contributed by atoms with Gasteiger partial charge < -0.3 is 4.55 Å². The van der Waals surface area contributed by atoms with Crippen molar-refractivity contribution in [2.45, 2.75) is 18.7 Å². The normalized spacial score (nSPS) is 13.4. The molecule has 0 heterocycles. The minimum atomic E-state index is -4.66. The van der Waals surface area contributed by atoms with Gasteiger partial charge in [-0.15, -0.1) is 0 Å². The number of hydrogen-bond donors (Lipinski definition) is 0. The van der Waals surface area contributed by atoms with Crippen LogP contribution in [0, 0.1) is 13.8 Å². The molecule has 4 nitrogen and oxygen atoms in total. The van der Waals surface area contributed by atoms with Gasteiger partial charge in [-0.05, 0) is 54.3 Å². The van der Waals surface area contributed by atoms with E-state index >= 15 is 0 Å². The molecule has 1 aliphatic rings. The van der Waals surface area contributed by atoms with E-state index in [-0.39, 0.29) is 40.2 Å². The summed E-state index contributed by atoms with van der Waals surface area (Å²) in [5.74, 6) is -0.140. The molecule has 1 aliphatic carbocycles. The molecule has 0 saturated carbocycles. The first kappa shape index (κ1) is 21.5. The molecule has 0 unspecified atom stereocenters. The number of benzene rings is 2. The minimum absolute atomic E-state index is 0. The maximum Gasteiger partial charge on any atom is 1.00 e. The topological polar surface area (TPSA) is 74.3 Å². The van der Waals surface area contributed by atoms with E-state index in [0.717, 1.165) is 16.7 Å². The van der Waals surface area contributed by atoms with Gasteiger partial charge in [-0.3, -0.25) is 4.79 Å². The first-order chi connectivity index (χ1) is 12.3. The van der Waals surface area contributed by atoms with Crippen LogP contribution < -0.4 is 29.6 Å². The Morgan fingerprint density at radius 1 is 0.889 bits per heavy atom. The van der Waals surface area contributed by atoms with E-state index in [1.807, 2.05) is 32.0 Å². The molecule has 0 atom stereocenters. The quantitative estimate of drug-likeness (QED) is 0.573. The predicted octanol–water partition coefficient (Wildman–Crippen LogP) is 0.709. The zero-order chi connectivity index (χ0) is 18.9. The third kappa shape index (κ3) is 4.75. The molecule has 132 valence electrons. The molecule has 0 bridgehead atoms. The first-order valence-electron chi connectivity index (χ1n) is 8.04. The van der Waals surface area contributed by atoms with Crippen molar-refractivity contribution in [3.8, 4) is 0 Å². The largest absolute Gasteiger partial charge is 1.00 e. The Morgan fingerprint density at radius 2 is 1.52 bits per heavy atom. The van der Waals surface area contributed by atoms with Crippen LogP contribution in [0.5, 0.6) is 0 Å². The van der Waals surface area contributed by atoms with Crippen molar-refractivity contribution < 1.29 is 47.3 Å². The summed E-state index contributed by atoms with van der Waals surface area (Å²) < 4.78 is 35.4. The summed E-state index contributed by atoms with van der Waals surface area (Å²) in [6, 6.07) is 12.0. The standard InChI is InChI=1S/C21H18O4S.Na/c1-14-7-12-18(15(2)13-14)21(16-8-10-17(22)11-9-16)19-5-3-4-6-20(19)26(23,24)25;/h3-13H,1-2H3,(H,23,24,25);/q;+1/p-1. The zero-order valence-electron chi connectivity index (χ0n) is 15.4. The molecule has 0 amide bonds. The van der Waals surface area contributed by atoms with Gasteiger partial charge in [0.1, 0.15) is 10.1 Å². The zero-order valence-corrected chi connectivity index (χ0v) is 18.2. The monoisotopic (exact) mass is 388 g/mol. The Bertz CT molecular complexity index is 1070. The second kappa shape index (κ2) is 8.50. The fraction of sp³-hybridized carbons (Fsp3) is 0.0952. The summed E-state index contributed by atoms with van der Waals surface area (Å²) in [7, 11) is -4.66. The Morgan fingerprint density at radius 3 is 2.11 bits per heavy atom. The number of rotatable bonds is 3. The first-order valence-corrected chi connectivity index (χ1v) is 9.45. The minimum Gasteiger partial charge on any atom is -0.744 e. The summed E-state index contributed by atoms with van der Waals surface area (Å²) in [5.41, 5.74) is 4.44. The SMILES string of the molecule is Cc1ccc(C(=C2C=CC(=O)C=C2)c2ccccc2S(=O)(=O)[O-])c(C)c1.[Na+]. The summed E-state index contributed by atoms with van der Waals surface area (Å²) in [5, 5.41) is 0. The van der Waals surface area contributed by atoms with Crippen molar-refractivity contribution in [2.24, 2.45) is 0 Å². The van der Waals surface area contributed by atoms with Gasteiger partial charge in [-0.2, -0.15) is 0 Å². The molecule has 6 heteroatoms. The second-order valence-electron chi connectivity index (χ2n) is 6.17. The van der Waals surface area contributed by atoms with E-state index in [1.165, 1.54) is 24.3 Å². The van der Waals surface area contributed by atoms with Crippen LogP contribution >= 0.6 is 0 Å². The molecule has 3 rings (SSSR count). The molecule has 2 aromatic rings. The number of allylic oxidation sites excluding steroid dienone is 5. The van der Waals surface area contributed by atoms with E-state index in [1.54, 1.807) is 24.3 Å². The number of ketones is 1. The van der Waals surface area contributed by atoms with Crippen LogP contribution in [0.3, 0.4) is 0 Å². The van der Waals surface area contributed by atoms with Crippen molar-refractivity contribution in [1.29, 1.82) is 0 Å². The molecule has 27 heavy (non-hydrogen) atoms. The molecule has 0 saturated heterocycles. The van der Waals surface area contributed by atoms with Crippen LogP contribution in [-0.4, -0.2) is 18.8 Å². The fourth-order valence-corrected chi connectivity index (χ4v) is 3.75. The number of aryl methyl sites for hydroxylation is 2. The Hall–Kier alpha value is -1.76. The van der Waals surface area contributed by atoms with Gasteiger partial charge in [0.2, 0.25) is 0 Å². The van der Waals surface area contributed by atoms with Crippen LogP contribution in [0.4, 0.5) is 0 Å². The Kier molecular flexibility index (Phi) is 6.78. The van der Waals surface area contributed by atoms with Crippen molar-refractivity contribution in [3.05, 3.63) is 94.6 Å². The maximum atomic E-state index is 11.8. The van der Waals surface area contributed by atoms with E-state index in [0.29, 0.717) is 16.7 Å². The van der Waals surface area contributed by atoms with Gasteiger partial charge in [-0.25, -0.2) is 8.42 Å². The third-order valence-corrected chi connectivity index (χ3v) is 5.11. The second-order valence-corrected chi connectivity index (χ2v) is 7.52. The Balaban J connectivity index is 0.00000261. The summed E-state index contributed by atoms with van der Waals surface area (Å²) in [6.45, 7) is 3.90. The fourth-order valence-electron chi connectivity index (χ4n) is 3.06. The van der Waals surface area contributed by atoms with Gasteiger partial charge in [0.25, 0.3) is 0 Å². The van der Waals surface area contributed by atoms with Crippen LogP contribution in [0.15, 0.2) is 77.2 Å². The maximum absolute atomic E-state index is 11.8. The average molecular weight is 388 g/mol. The van der Waals surface area contributed by atoms with E-state index in [9.17, 15) is 17.8 Å². The number of hydrogen-bond acceptors (Lipinski definition) is 4. The van der Waals surface area contributed by atoms with Gasteiger partial charge in [0, 0.05) is 5.56 Å².